The molecule has 1 atom stereocenters. The van der Waals surface area contributed by atoms with Gasteiger partial charge in [0.25, 0.3) is 0 Å². The summed E-state index contributed by atoms with van der Waals surface area (Å²) in [6.07, 6.45) is 3.70. The minimum Gasteiger partial charge on any atom is -0.323 e. The second-order valence-corrected chi connectivity index (χ2v) is 5.49. The average Bonchev–Trinajstić information content (AvgIpc) is 2.68. The van der Waals surface area contributed by atoms with Crippen LogP contribution in [0.3, 0.4) is 0 Å². The van der Waals surface area contributed by atoms with Crippen LogP contribution in [0.25, 0.3) is 0 Å². The van der Waals surface area contributed by atoms with E-state index in [2.05, 4.69) is 52.2 Å². The molecule has 0 aliphatic carbocycles. The first-order valence-electron chi connectivity index (χ1n) is 6.06. The van der Waals surface area contributed by atoms with E-state index in [1.54, 1.807) is 6.20 Å². The van der Waals surface area contributed by atoms with Crippen molar-refractivity contribution in [3.63, 3.8) is 0 Å². The van der Waals surface area contributed by atoms with E-state index in [-0.39, 0.29) is 6.04 Å². The van der Waals surface area contributed by atoms with Crippen molar-refractivity contribution in [2.24, 2.45) is 12.8 Å². The van der Waals surface area contributed by atoms with Gasteiger partial charge in [0.15, 0.2) is 0 Å². The number of halogens is 1. The molecule has 1 aromatic heterocycles. The van der Waals surface area contributed by atoms with E-state index in [0.29, 0.717) is 0 Å². The minimum atomic E-state index is 0.00757. The molecule has 0 fully saturated rings. The number of aromatic nitrogens is 2. The molecule has 2 rings (SSSR count). The van der Waals surface area contributed by atoms with E-state index in [9.17, 15) is 0 Å². The SMILES string of the molecule is Cc1ccc(CCC(N)c2c(Br)cnn2C)cc1. The highest BCUT2D eigenvalue weighted by Gasteiger charge is 2.14. The molecule has 1 aromatic carbocycles. The van der Waals surface area contributed by atoms with Crippen molar-refractivity contribution in [3.05, 3.63) is 51.8 Å². The van der Waals surface area contributed by atoms with Gasteiger partial charge in [0, 0.05) is 13.1 Å². The van der Waals surface area contributed by atoms with Gasteiger partial charge in [0.1, 0.15) is 0 Å². The van der Waals surface area contributed by atoms with Crippen LogP contribution in [0.15, 0.2) is 34.9 Å². The molecule has 2 N–H and O–H groups in total. The number of hydrogen-bond acceptors (Lipinski definition) is 2. The summed E-state index contributed by atoms with van der Waals surface area (Å²) in [4.78, 5) is 0. The Bertz CT molecular complexity index is 497. The molecule has 4 heteroatoms. The Morgan fingerprint density at radius 2 is 2.00 bits per heavy atom. The molecule has 0 saturated carbocycles. The number of benzene rings is 1. The quantitative estimate of drug-likeness (QED) is 0.943. The minimum absolute atomic E-state index is 0.00757. The number of nitrogens with two attached hydrogens (primary N) is 1. The highest BCUT2D eigenvalue weighted by atomic mass is 79.9. The Kier molecular flexibility index (Phi) is 4.19. The highest BCUT2D eigenvalue weighted by molar-refractivity contribution is 9.10. The first-order chi connectivity index (χ1) is 8.58. The third kappa shape index (κ3) is 3.00. The summed E-state index contributed by atoms with van der Waals surface area (Å²) < 4.78 is 2.82. The zero-order chi connectivity index (χ0) is 13.1. The van der Waals surface area contributed by atoms with E-state index in [4.69, 9.17) is 5.73 Å². The molecular formula is C14H18BrN3. The van der Waals surface area contributed by atoms with Crippen molar-refractivity contribution in [1.29, 1.82) is 0 Å². The number of hydrogen-bond donors (Lipinski definition) is 1. The first-order valence-corrected chi connectivity index (χ1v) is 6.85. The maximum atomic E-state index is 6.23. The van der Waals surface area contributed by atoms with Gasteiger partial charge in [-0.1, -0.05) is 29.8 Å². The Balaban J connectivity index is 2.00. The van der Waals surface area contributed by atoms with Crippen LogP contribution in [0.4, 0.5) is 0 Å². The molecular weight excluding hydrogens is 290 g/mol. The number of nitrogens with zero attached hydrogens (tertiary/aromatic N) is 2. The molecule has 0 aliphatic heterocycles. The Morgan fingerprint density at radius 1 is 1.33 bits per heavy atom. The van der Waals surface area contributed by atoms with Gasteiger partial charge in [-0.05, 0) is 41.3 Å². The second kappa shape index (κ2) is 5.67. The van der Waals surface area contributed by atoms with Crippen LogP contribution < -0.4 is 5.73 Å². The van der Waals surface area contributed by atoms with Gasteiger partial charge in [-0.2, -0.15) is 5.10 Å². The van der Waals surface area contributed by atoms with E-state index < -0.39 is 0 Å². The molecule has 0 radical (unpaired) electrons. The molecule has 18 heavy (non-hydrogen) atoms. The summed E-state index contributed by atoms with van der Waals surface area (Å²) in [6.45, 7) is 2.10. The monoisotopic (exact) mass is 307 g/mol. The lowest BCUT2D eigenvalue weighted by Crippen LogP contribution is -2.16. The zero-order valence-corrected chi connectivity index (χ0v) is 12.3. The van der Waals surface area contributed by atoms with Gasteiger partial charge in [0.2, 0.25) is 0 Å². The van der Waals surface area contributed by atoms with E-state index >= 15 is 0 Å². The predicted octanol–water partition coefficient (Wildman–Crippen LogP) is 3.12. The average molecular weight is 308 g/mol. The van der Waals surface area contributed by atoms with Crippen LogP contribution in [-0.2, 0) is 13.5 Å². The normalized spacial score (nSPS) is 12.7. The Hall–Kier alpha value is -1.13. The predicted molar refractivity (Wildman–Crippen MR) is 77.3 cm³/mol. The van der Waals surface area contributed by atoms with Crippen molar-refractivity contribution in [1.82, 2.24) is 9.78 Å². The van der Waals surface area contributed by atoms with Crippen molar-refractivity contribution < 1.29 is 0 Å². The van der Waals surface area contributed by atoms with Crippen LogP contribution in [0.1, 0.15) is 29.3 Å². The van der Waals surface area contributed by atoms with Gasteiger partial charge < -0.3 is 5.73 Å². The van der Waals surface area contributed by atoms with Gasteiger partial charge in [-0.3, -0.25) is 4.68 Å². The van der Waals surface area contributed by atoms with E-state index in [1.165, 1.54) is 11.1 Å². The third-order valence-electron chi connectivity index (χ3n) is 3.15. The van der Waals surface area contributed by atoms with Crippen LogP contribution in [0, 0.1) is 6.92 Å². The standard InChI is InChI=1S/C14H18BrN3/c1-10-3-5-11(6-4-10)7-8-13(16)14-12(15)9-17-18(14)2/h3-6,9,13H,7-8,16H2,1-2H3. The van der Waals surface area contributed by atoms with Gasteiger partial charge in [0.05, 0.1) is 16.4 Å². The summed E-state index contributed by atoms with van der Waals surface area (Å²) in [7, 11) is 1.92. The van der Waals surface area contributed by atoms with Gasteiger partial charge >= 0.3 is 0 Å². The molecule has 0 saturated heterocycles. The molecule has 1 heterocycles. The number of aryl methyl sites for hydroxylation is 3. The molecule has 3 nitrogen and oxygen atoms in total. The smallest absolute Gasteiger partial charge is 0.0690 e. The van der Waals surface area contributed by atoms with E-state index in [0.717, 1.165) is 23.0 Å². The lowest BCUT2D eigenvalue weighted by molar-refractivity contribution is 0.580. The lowest BCUT2D eigenvalue weighted by Gasteiger charge is -2.13. The topological polar surface area (TPSA) is 43.8 Å². The summed E-state index contributed by atoms with van der Waals surface area (Å²) >= 11 is 3.49. The summed E-state index contributed by atoms with van der Waals surface area (Å²) in [5.41, 5.74) is 9.90. The van der Waals surface area contributed by atoms with Gasteiger partial charge in [-0.25, -0.2) is 0 Å². The molecule has 0 amide bonds. The largest absolute Gasteiger partial charge is 0.323 e. The van der Waals surface area contributed by atoms with Crippen LogP contribution >= 0.6 is 15.9 Å². The molecule has 0 spiro atoms. The van der Waals surface area contributed by atoms with Crippen molar-refractivity contribution >= 4 is 15.9 Å². The molecule has 1 unspecified atom stereocenters. The molecule has 0 aliphatic rings. The van der Waals surface area contributed by atoms with Crippen molar-refractivity contribution in [3.8, 4) is 0 Å². The van der Waals surface area contributed by atoms with Gasteiger partial charge in [-0.15, -0.1) is 0 Å². The summed E-state index contributed by atoms with van der Waals surface area (Å²) in [5, 5.41) is 4.19. The Labute approximate surface area is 116 Å². The molecule has 0 bridgehead atoms. The van der Waals surface area contributed by atoms with Crippen LogP contribution in [0.5, 0.6) is 0 Å². The lowest BCUT2D eigenvalue weighted by atomic mass is 10.0. The first kappa shape index (κ1) is 13.3. The maximum Gasteiger partial charge on any atom is 0.0690 e. The van der Waals surface area contributed by atoms with Crippen LogP contribution in [-0.4, -0.2) is 9.78 Å². The molecule has 96 valence electrons. The van der Waals surface area contributed by atoms with E-state index in [1.807, 2.05) is 11.7 Å². The fraction of sp³-hybridized carbons (Fsp3) is 0.357. The number of rotatable bonds is 4. The summed E-state index contributed by atoms with van der Waals surface area (Å²) in [5.74, 6) is 0. The van der Waals surface area contributed by atoms with Crippen molar-refractivity contribution in [2.45, 2.75) is 25.8 Å². The van der Waals surface area contributed by atoms with Crippen molar-refractivity contribution in [2.75, 3.05) is 0 Å². The maximum absolute atomic E-state index is 6.23. The van der Waals surface area contributed by atoms with Crippen LogP contribution in [0.2, 0.25) is 0 Å². The molecule has 2 aromatic rings. The second-order valence-electron chi connectivity index (χ2n) is 4.63. The summed E-state index contributed by atoms with van der Waals surface area (Å²) in [6, 6.07) is 8.62. The fourth-order valence-electron chi connectivity index (χ4n) is 2.05. The fourth-order valence-corrected chi connectivity index (χ4v) is 2.69. The third-order valence-corrected chi connectivity index (χ3v) is 3.76. The Morgan fingerprint density at radius 3 is 2.56 bits per heavy atom. The highest BCUT2D eigenvalue weighted by Crippen LogP contribution is 2.24. The zero-order valence-electron chi connectivity index (χ0n) is 10.7.